The maximum atomic E-state index is 11.4. The molecular formula is C12H17N3O3. The van der Waals surface area contributed by atoms with Crippen LogP contribution in [-0.2, 0) is 11.3 Å². The van der Waals surface area contributed by atoms with Gasteiger partial charge >= 0.3 is 0 Å². The molecule has 0 atom stereocenters. The summed E-state index contributed by atoms with van der Waals surface area (Å²) in [6.07, 6.45) is 0.393. The molecule has 0 fully saturated rings. The third-order valence-corrected chi connectivity index (χ3v) is 2.69. The van der Waals surface area contributed by atoms with Gasteiger partial charge in [0.15, 0.2) is 0 Å². The fourth-order valence-electron chi connectivity index (χ4n) is 1.58. The molecular weight excluding hydrogens is 234 g/mol. The Labute approximate surface area is 106 Å². The van der Waals surface area contributed by atoms with E-state index in [2.05, 4.69) is 10.6 Å². The van der Waals surface area contributed by atoms with Gasteiger partial charge in [-0.05, 0) is 19.5 Å². The van der Waals surface area contributed by atoms with Crippen molar-refractivity contribution in [3.8, 4) is 0 Å². The zero-order chi connectivity index (χ0) is 13.5. The van der Waals surface area contributed by atoms with Crippen LogP contribution >= 0.6 is 0 Å². The summed E-state index contributed by atoms with van der Waals surface area (Å²) in [5.41, 5.74) is 1.44. The van der Waals surface area contributed by atoms with Gasteiger partial charge in [0.2, 0.25) is 5.91 Å². The van der Waals surface area contributed by atoms with Crippen molar-refractivity contribution < 1.29 is 9.72 Å². The second-order valence-corrected chi connectivity index (χ2v) is 3.95. The maximum Gasteiger partial charge on any atom is 0.272 e. The molecule has 0 aliphatic carbocycles. The number of amides is 1. The van der Waals surface area contributed by atoms with Gasteiger partial charge in [0.05, 0.1) is 4.92 Å². The summed E-state index contributed by atoms with van der Waals surface area (Å²) in [7, 11) is 1.78. The van der Waals surface area contributed by atoms with Gasteiger partial charge in [-0.1, -0.05) is 12.1 Å². The van der Waals surface area contributed by atoms with Gasteiger partial charge in [-0.3, -0.25) is 14.9 Å². The summed E-state index contributed by atoms with van der Waals surface area (Å²) in [6.45, 7) is 2.61. The number of nitro groups is 1. The normalized spacial score (nSPS) is 10.1. The molecule has 18 heavy (non-hydrogen) atoms. The Balaban J connectivity index is 2.65. The first-order chi connectivity index (χ1) is 8.56. The average Bonchev–Trinajstić information content (AvgIpc) is 2.34. The highest BCUT2D eigenvalue weighted by atomic mass is 16.6. The molecule has 0 heterocycles. The molecule has 0 bridgehead atoms. The topological polar surface area (TPSA) is 84.3 Å². The monoisotopic (exact) mass is 251 g/mol. The SMILES string of the molecule is CNCCC(=O)NCc1cccc([N+](=O)[O-])c1C. The molecule has 0 saturated heterocycles. The standard InChI is InChI=1S/C12H17N3O3/c1-9-10(4-3-5-11(9)15(17)18)8-14-12(16)6-7-13-2/h3-5,13H,6-8H2,1-2H3,(H,14,16). The minimum Gasteiger partial charge on any atom is -0.352 e. The highest BCUT2D eigenvalue weighted by molar-refractivity contribution is 5.76. The minimum atomic E-state index is -0.415. The lowest BCUT2D eigenvalue weighted by atomic mass is 10.1. The van der Waals surface area contributed by atoms with E-state index in [1.807, 2.05) is 0 Å². The van der Waals surface area contributed by atoms with E-state index in [0.29, 0.717) is 25.1 Å². The molecule has 6 heteroatoms. The molecule has 1 rings (SSSR count). The number of hydrogen-bond donors (Lipinski definition) is 2. The maximum absolute atomic E-state index is 11.4. The summed E-state index contributed by atoms with van der Waals surface area (Å²) >= 11 is 0. The predicted molar refractivity (Wildman–Crippen MR) is 68.2 cm³/mol. The van der Waals surface area contributed by atoms with Crippen LogP contribution < -0.4 is 10.6 Å². The Morgan fingerprint density at radius 1 is 1.44 bits per heavy atom. The lowest BCUT2D eigenvalue weighted by Crippen LogP contribution is -2.26. The van der Waals surface area contributed by atoms with Crippen LogP contribution in [0.2, 0.25) is 0 Å². The molecule has 1 aromatic carbocycles. The van der Waals surface area contributed by atoms with Crippen LogP contribution in [0.4, 0.5) is 5.69 Å². The van der Waals surface area contributed by atoms with Crippen LogP contribution in [0.25, 0.3) is 0 Å². The van der Waals surface area contributed by atoms with Gasteiger partial charge in [-0.25, -0.2) is 0 Å². The van der Waals surface area contributed by atoms with Gasteiger partial charge in [-0.2, -0.15) is 0 Å². The van der Waals surface area contributed by atoms with E-state index < -0.39 is 4.92 Å². The van der Waals surface area contributed by atoms with Crippen molar-refractivity contribution in [1.82, 2.24) is 10.6 Å². The number of carbonyl (C=O) groups is 1. The summed E-state index contributed by atoms with van der Waals surface area (Å²) in [6, 6.07) is 4.86. The molecule has 0 aromatic heterocycles. The van der Waals surface area contributed by atoms with Gasteiger partial charge in [0.25, 0.3) is 5.69 Å². The molecule has 6 nitrogen and oxygen atoms in total. The van der Waals surface area contributed by atoms with Crippen LogP contribution in [0, 0.1) is 17.0 Å². The van der Waals surface area contributed by atoms with E-state index in [9.17, 15) is 14.9 Å². The van der Waals surface area contributed by atoms with E-state index in [-0.39, 0.29) is 11.6 Å². The summed E-state index contributed by atoms with van der Waals surface area (Å²) in [5.74, 6) is -0.0738. The number of carbonyl (C=O) groups excluding carboxylic acids is 1. The van der Waals surface area contributed by atoms with E-state index >= 15 is 0 Å². The van der Waals surface area contributed by atoms with Crippen molar-refractivity contribution in [2.75, 3.05) is 13.6 Å². The van der Waals surface area contributed by atoms with E-state index in [4.69, 9.17) is 0 Å². The third kappa shape index (κ3) is 3.81. The van der Waals surface area contributed by atoms with E-state index in [1.165, 1.54) is 6.07 Å². The minimum absolute atomic E-state index is 0.0738. The Hall–Kier alpha value is -1.95. The molecule has 0 radical (unpaired) electrons. The molecule has 1 amide bonds. The predicted octanol–water partition coefficient (Wildman–Crippen LogP) is 1.13. The second kappa shape index (κ2) is 6.70. The number of nitrogens with one attached hydrogen (secondary N) is 2. The number of nitro benzene ring substituents is 1. The molecule has 1 aromatic rings. The molecule has 0 unspecified atom stereocenters. The van der Waals surface area contributed by atoms with Crippen molar-refractivity contribution in [3.63, 3.8) is 0 Å². The van der Waals surface area contributed by atoms with E-state index in [0.717, 1.165) is 5.56 Å². The summed E-state index contributed by atoms with van der Waals surface area (Å²) in [4.78, 5) is 21.8. The summed E-state index contributed by atoms with van der Waals surface area (Å²) < 4.78 is 0. The summed E-state index contributed by atoms with van der Waals surface area (Å²) in [5, 5.41) is 16.4. The zero-order valence-electron chi connectivity index (χ0n) is 10.5. The first-order valence-electron chi connectivity index (χ1n) is 5.70. The fourth-order valence-corrected chi connectivity index (χ4v) is 1.58. The van der Waals surface area contributed by atoms with Gasteiger partial charge in [0.1, 0.15) is 0 Å². The largest absolute Gasteiger partial charge is 0.352 e. The van der Waals surface area contributed by atoms with Crippen molar-refractivity contribution in [1.29, 1.82) is 0 Å². The Bertz CT molecular complexity index is 446. The number of benzene rings is 1. The van der Waals surface area contributed by atoms with Crippen LogP contribution in [-0.4, -0.2) is 24.4 Å². The Kier molecular flexibility index (Phi) is 5.26. The molecule has 0 aliphatic rings. The third-order valence-electron chi connectivity index (χ3n) is 2.69. The second-order valence-electron chi connectivity index (χ2n) is 3.95. The molecule has 0 spiro atoms. The number of nitrogens with zero attached hydrogens (tertiary/aromatic N) is 1. The highest BCUT2D eigenvalue weighted by Gasteiger charge is 2.13. The molecule has 2 N–H and O–H groups in total. The zero-order valence-corrected chi connectivity index (χ0v) is 10.5. The average molecular weight is 251 g/mol. The molecule has 98 valence electrons. The number of rotatable bonds is 6. The lowest BCUT2D eigenvalue weighted by molar-refractivity contribution is -0.385. The first-order valence-corrected chi connectivity index (χ1v) is 5.70. The van der Waals surface area contributed by atoms with Crippen LogP contribution in [0.3, 0.4) is 0 Å². The van der Waals surface area contributed by atoms with Gasteiger partial charge in [0, 0.05) is 31.1 Å². The van der Waals surface area contributed by atoms with Crippen molar-refractivity contribution in [2.24, 2.45) is 0 Å². The van der Waals surface area contributed by atoms with Crippen molar-refractivity contribution in [2.45, 2.75) is 19.9 Å². The molecule has 0 saturated carbocycles. The van der Waals surface area contributed by atoms with Crippen LogP contribution in [0.15, 0.2) is 18.2 Å². The Morgan fingerprint density at radius 3 is 2.78 bits per heavy atom. The highest BCUT2D eigenvalue weighted by Crippen LogP contribution is 2.20. The quantitative estimate of drug-likeness (QED) is 0.586. The Morgan fingerprint density at radius 2 is 2.17 bits per heavy atom. The first kappa shape index (κ1) is 14.1. The van der Waals surface area contributed by atoms with Crippen molar-refractivity contribution in [3.05, 3.63) is 39.4 Å². The van der Waals surface area contributed by atoms with E-state index in [1.54, 1.807) is 26.1 Å². The van der Waals surface area contributed by atoms with Crippen LogP contribution in [0.1, 0.15) is 17.5 Å². The molecule has 0 aliphatic heterocycles. The number of hydrogen-bond acceptors (Lipinski definition) is 4. The van der Waals surface area contributed by atoms with Crippen LogP contribution in [0.5, 0.6) is 0 Å². The fraction of sp³-hybridized carbons (Fsp3) is 0.417. The van der Waals surface area contributed by atoms with Gasteiger partial charge in [-0.15, -0.1) is 0 Å². The van der Waals surface area contributed by atoms with Crippen molar-refractivity contribution >= 4 is 11.6 Å². The van der Waals surface area contributed by atoms with Gasteiger partial charge < -0.3 is 10.6 Å². The lowest BCUT2D eigenvalue weighted by Gasteiger charge is -2.08. The smallest absolute Gasteiger partial charge is 0.272 e.